The van der Waals surface area contributed by atoms with Crippen molar-refractivity contribution in [1.82, 2.24) is 4.90 Å². The van der Waals surface area contributed by atoms with Crippen molar-refractivity contribution in [2.45, 2.75) is 66.1 Å². The molecule has 2 aromatic rings. The van der Waals surface area contributed by atoms with Crippen LogP contribution in [0.25, 0.3) is 11.0 Å². The van der Waals surface area contributed by atoms with Crippen molar-refractivity contribution >= 4 is 11.0 Å². The summed E-state index contributed by atoms with van der Waals surface area (Å²) in [7, 11) is 0. The zero-order chi connectivity index (χ0) is 20.5. The number of aliphatic hydroxyl groups is 1. The molecule has 1 aromatic carbocycles. The normalized spacial score (nSPS) is 12.8. The molecule has 0 amide bonds. The molecule has 28 heavy (non-hydrogen) atoms. The summed E-state index contributed by atoms with van der Waals surface area (Å²) in [6, 6.07) is 5.87. The van der Waals surface area contributed by atoms with Gasteiger partial charge >= 0.3 is 5.63 Å². The molecule has 5 nitrogen and oxygen atoms in total. The summed E-state index contributed by atoms with van der Waals surface area (Å²) >= 11 is 0. The summed E-state index contributed by atoms with van der Waals surface area (Å²) in [5.74, 6) is 0. The highest BCUT2D eigenvalue weighted by Gasteiger charge is 2.13. The highest BCUT2D eigenvalue weighted by Crippen LogP contribution is 2.22. The van der Waals surface area contributed by atoms with Crippen LogP contribution in [0.2, 0.25) is 0 Å². The van der Waals surface area contributed by atoms with Crippen LogP contribution in [0.1, 0.15) is 56.7 Å². The lowest BCUT2D eigenvalue weighted by Gasteiger charge is -2.18. The third-order valence-corrected chi connectivity index (χ3v) is 5.39. The van der Waals surface area contributed by atoms with E-state index >= 15 is 0 Å². The highest BCUT2D eigenvalue weighted by molar-refractivity contribution is 5.81. The Morgan fingerprint density at radius 2 is 1.96 bits per heavy atom. The van der Waals surface area contributed by atoms with Crippen molar-refractivity contribution < 1.29 is 14.3 Å². The van der Waals surface area contributed by atoms with E-state index in [0.717, 1.165) is 61.0 Å². The second-order valence-corrected chi connectivity index (χ2v) is 7.41. The zero-order valence-electron chi connectivity index (χ0n) is 17.8. The molecule has 0 spiro atoms. The Bertz CT molecular complexity index is 795. The maximum atomic E-state index is 12.5. The Morgan fingerprint density at radius 3 is 2.64 bits per heavy atom. The fourth-order valence-electron chi connectivity index (χ4n) is 3.46. The highest BCUT2D eigenvalue weighted by atomic mass is 16.5. The average Bonchev–Trinajstić information content (AvgIpc) is 2.69. The molecular weight excluding hydrogens is 354 g/mol. The van der Waals surface area contributed by atoms with Gasteiger partial charge in [-0.1, -0.05) is 45.7 Å². The van der Waals surface area contributed by atoms with Crippen LogP contribution in [0, 0.1) is 6.92 Å². The standard InChI is InChI=1S/C23H35NO4/c1-5-8-9-19(25)16-27-15-18-10-11-20-17(4)21(12-13-24(6-2)7-3)23(26)28-22(20)14-18/h10-11,14,19,25H,5-9,12-13,15-16H2,1-4H3. The van der Waals surface area contributed by atoms with Crippen LogP contribution in [0.4, 0.5) is 0 Å². The van der Waals surface area contributed by atoms with Gasteiger partial charge in [0.1, 0.15) is 5.58 Å². The van der Waals surface area contributed by atoms with Gasteiger partial charge in [0.05, 0.1) is 19.3 Å². The number of fused-ring (bicyclic) bond motifs is 1. The summed E-state index contributed by atoms with van der Waals surface area (Å²) in [6.07, 6.45) is 3.11. The van der Waals surface area contributed by atoms with Gasteiger partial charge in [0.15, 0.2) is 0 Å². The molecule has 0 aliphatic heterocycles. The van der Waals surface area contributed by atoms with Gasteiger partial charge in [0.2, 0.25) is 0 Å². The lowest BCUT2D eigenvalue weighted by atomic mass is 10.0. The van der Waals surface area contributed by atoms with E-state index < -0.39 is 6.10 Å². The molecule has 156 valence electrons. The Morgan fingerprint density at radius 1 is 1.21 bits per heavy atom. The number of hydrogen-bond acceptors (Lipinski definition) is 5. The number of nitrogens with zero attached hydrogens (tertiary/aromatic N) is 1. The molecule has 0 radical (unpaired) electrons. The van der Waals surface area contributed by atoms with E-state index in [1.165, 1.54) is 0 Å². The Kier molecular flexibility index (Phi) is 9.16. The number of hydrogen-bond donors (Lipinski definition) is 1. The van der Waals surface area contributed by atoms with E-state index in [2.05, 4.69) is 25.7 Å². The van der Waals surface area contributed by atoms with E-state index in [4.69, 9.17) is 9.15 Å². The van der Waals surface area contributed by atoms with E-state index in [-0.39, 0.29) is 5.63 Å². The molecule has 1 unspecified atom stereocenters. The summed E-state index contributed by atoms with van der Waals surface area (Å²) in [6.45, 7) is 11.9. The van der Waals surface area contributed by atoms with Gasteiger partial charge in [0, 0.05) is 17.5 Å². The molecular formula is C23H35NO4. The second kappa shape index (κ2) is 11.3. The Labute approximate surface area is 168 Å². The summed E-state index contributed by atoms with van der Waals surface area (Å²) in [5, 5.41) is 10.8. The molecule has 0 aliphatic rings. The lowest BCUT2D eigenvalue weighted by Crippen LogP contribution is -2.27. The molecule has 5 heteroatoms. The smallest absolute Gasteiger partial charge is 0.339 e. The predicted molar refractivity (Wildman–Crippen MR) is 114 cm³/mol. The molecule has 1 heterocycles. The van der Waals surface area contributed by atoms with Gasteiger partial charge in [-0.25, -0.2) is 4.79 Å². The van der Waals surface area contributed by atoms with Crippen molar-refractivity contribution in [3.63, 3.8) is 0 Å². The van der Waals surface area contributed by atoms with Gasteiger partial charge in [-0.3, -0.25) is 0 Å². The van der Waals surface area contributed by atoms with Crippen molar-refractivity contribution in [2.24, 2.45) is 0 Å². The van der Waals surface area contributed by atoms with Crippen LogP contribution >= 0.6 is 0 Å². The van der Waals surface area contributed by atoms with E-state index in [1.807, 2.05) is 25.1 Å². The lowest BCUT2D eigenvalue weighted by molar-refractivity contribution is 0.0236. The predicted octanol–water partition coefficient (Wildman–Crippen LogP) is 4.05. The molecule has 2 rings (SSSR count). The number of unbranched alkanes of at least 4 members (excludes halogenated alkanes) is 1. The van der Waals surface area contributed by atoms with Crippen LogP contribution in [-0.2, 0) is 17.8 Å². The van der Waals surface area contributed by atoms with Crippen LogP contribution in [0.3, 0.4) is 0 Å². The minimum absolute atomic E-state index is 0.245. The number of ether oxygens (including phenoxy) is 1. The van der Waals surface area contributed by atoms with E-state index in [1.54, 1.807) is 0 Å². The largest absolute Gasteiger partial charge is 0.422 e. The minimum atomic E-state index is -0.422. The van der Waals surface area contributed by atoms with Crippen LogP contribution in [0.15, 0.2) is 27.4 Å². The summed E-state index contributed by atoms with van der Waals surface area (Å²) in [5.41, 5.74) is 3.06. The fraction of sp³-hybridized carbons (Fsp3) is 0.609. The number of aryl methyl sites for hydroxylation is 1. The SMILES string of the molecule is CCCCC(O)COCc1ccc2c(C)c(CCN(CC)CC)c(=O)oc2c1. The van der Waals surface area contributed by atoms with Crippen molar-refractivity contribution in [3.05, 3.63) is 45.3 Å². The third-order valence-electron chi connectivity index (χ3n) is 5.39. The van der Waals surface area contributed by atoms with Crippen molar-refractivity contribution in [2.75, 3.05) is 26.2 Å². The Balaban J connectivity index is 2.08. The average molecular weight is 390 g/mol. The number of benzene rings is 1. The molecule has 0 fully saturated rings. The molecule has 0 saturated heterocycles. The van der Waals surface area contributed by atoms with Gasteiger partial charge in [-0.05, 0) is 50.0 Å². The first-order valence-electron chi connectivity index (χ1n) is 10.5. The number of likely N-dealkylation sites (N-methyl/N-ethyl adjacent to an activating group) is 1. The maximum absolute atomic E-state index is 12.5. The maximum Gasteiger partial charge on any atom is 0.339 e. The quantitative estimate of drug-likeness (QED) is 0.555. The Hall–Kier alpha value is -1.69. The first-order chi connectivity index (χ1) is 13.5. The van der Waals surface area contributed by atoms with Crippen molar-refractivity contribution in [1.29, 1.82) is 0 Å². The van der Waals surface area contributed by atoms with E-state index in [9.17, 15) is 9.90 Å². The van der Waals surface area contributed by atoms with Crippen LogP contribution in [-0.4, -0.2) is 42.4 Å². The first kappa shape index (κ1) is 22.6. The summed E-state index contributed by atoms with van der Waals surface area (Å²) < 4.78 is 11.2. The van der Waals surface area contributed by atoms with Gasteiger partial charge in [-0.15, -0.1) is 0 Å². The van der Waals surface area contributed by atoms with Gasteiger partial charge in [-0.2, -0.15) is 0 Å². The molecule has 0 saturated carbocycles. The van der Waals surface area contributed by atoms with Crippen LogP contribution < -0.4 is 5.63 Å². The third kappa shape index (κ3) is 6.16. The summed E-state index contributed by atoms with van der Waals surface area (Å²) in [4.78, 5) is 14.8. The van der Waals surface area contributed by atoms with E-state index in [0.29, 0.717) is 25.2 Å². The second-order valence-electron chi connectivity index (χ2n) is 7.41. The molecule has 1 atom stereocenters. The molecule has 1 aromatic heterocycles. The molecule has 0 aliphatic carbocycles. The number of rotatable bonds is 12. The molecule has 1 N–H and O–H groups in total. The van der Waals surface area contributed by atoms with Gasteiger partial charge < -0.3 is 19.2 Å². The minimum Gasteiger partial charge on any atom is -0.422 e. The van der Waals surface area contributed by atoms with Crippen molar-refractivity contribution in [3.8, 4) is 0 Å². The number of aliphatic hydroxyl groups excluding tert-OH is 1. The molecule has 0 bridgehead atoms. The van der Waals surface area contributed by atoms with Crippen LogP contribution in [0.5, 0.6) is 0 Å². The first-order valence-corrected chi connectivity index (χ1v) is 10.5. The topological polar surface area (TPSA) is 62.9 Å². The van der Waals surface area contributed by atoms with Gasteiger partial charge in [0.25, 0.3) is 0 Å². The monoisotopic (exact) mass is 389 g/mol. The zero-order valence-corrected chi connectivity index (χ0v) is 17.8. The fourth-order valence-corrected chi connectivity index (χ4v) is 3.46.